The lowest BCUT2D eigenvalue weighted by atomic mass is 10.3. The minimum atomic E-state index is -3.25. The fourth-order valence-corrected chi connectivity index (χ4v) is 3.35. The molecule has 1 atom stereocenters. The molecule has 6 heteroatoms. The number of halogens is 1. The van der Waals surface area contributed by atoms with Gasteiger partial charge in [0.25, 0.3) is 0 Å². The highest BCUT2D eigenvalue weighted by Crippen LogP contribution is 2.14. The standard InChI is InChI=1S/C8H17ClN2O2S/c1-8-6-10(2)4-3-5-11(8)14(12,13)7-9/h8H,3-7H2,1-2H3. The normalized spacial score (nSPS) is 27.5. The summed E-state index contributed by atoms with van der Waals surface area (Å²) in [6.07, 6.45) is 0.872. The van der Waals surface area contributed by atoms with Gasteiger partial charge in [0.2, 0.25) is 10.0 Å². The third-order valence-electron chi connectivity index (χ3n) is 2.48. The molecular formula is C8H17ClN2O2S. The number of nitrogens with zero attached hydrogens (tertiary/aromatic N) is 2. The van der Waals surface area contributed by atoms with E-state index < -0.39 is 10.0 Å². The molecule has 0 spiro atoms. The lowest BCUT2D eigenvalue weighted by Crippen LogP contribution is -2.42. The first-order valence-electron chi connectivity index (χ1n) is 4.71. The van der Waals surface area contributed by atoms with Crippen LogP contribution >= 0.6 is 11.6 Å². The van der Waals surface area contributed by atoms with E-state index >= 15 is 0 Å². The maximum absolute atomic E-state index is 11.6. The van der Waals surface area contributed by atoms with Gasteiger partial charge in [-0.3, -0.25) is 0 Å². The molecule has 1 fully saturated rings. The fourth-order valence-electron chi connectivity index (χ4n) is 1.83. The summed E-state index contributed by atoms with van der Waals surface area (Å²) in [5.74, 6) is 0. The molecule has 1 rings (SSSR count). The van der Waals surface area contributed by atoms with Gasteiger partial charge in [0, 0.05) is 19.1 Å². The monoisotopic (exact) mass is 240 g/mol. The summed E-state index contributed by atoms with van der Waals surface area (Å²) in [5, 5.41) is -0.318. The molecule has 1 saturated heterocycles. The first-order valence-corrected chi connectivity index (χ1v) is 6.86. The van der Waals surface area contributed by atoms with Crippen LogP contribution in [0.3, 0.4) is 0 Å². The fraction of sp³-hybridized carbons (Fsp3) is 1.00. The molecule has 0 radical (unpaired) electrons. The van der Waals surface area contributed by atoms with Crippen LogP contribution in [-0.4, -0.2) is 55.6 Å². The lowest BCUT2D eigenvalue weighted by Gasteiger charge is -2.26. The molecule has 0 aromatic heterocycles. The van der Waals surface area contributed by atoms with Gasteiger partial charge in [0.1, 0.15) is 5.21 Å². The van der Waals surface area contributed by atoms with Gasteiger partial charge in [-0.15, -0.1) is 11.6 Å². The van der Waals surface area contributed by atoms with Crippen molar-refractivity contribution in [3.63, 3.8) is 0 Å². The molecule has 0 aromatic rings. The van der Waals surface area contributed by atoms with Gasteiger partial charge in [-0.2, -0.15) is 4.31 Å². The van der Waals surface area contributed by atoms with Crippen LogP contribution in [0.5, 0.6) is 0 Å². The molecular weight excluding hydrogens is 224 g/mol. The second-order valence-electron chi connectivity index (χ2n) is 3.80. The Hall–Kier alpha value is 0.160. The molecule has 0 bridgehead atoms. The number of alkyl halides is 1. The number of sulfonamides is 1. The van der Waals surface area contributed by atoms with Gasteiger partial charge in [-0.25, -0.2) is 8.42 Å². The van der Waals surface area contributed by atoms with Crippen LogP contribution in [0.15, 0.2) is 0 Å². The maximum atomic E-state index is 11.6. The number of hydrogen-bond donors (Lipinski definition) is 0. The third-order valence-corrected chi connectivity index (χ3v) is 4.84. The van der Waals surface area contributed by atoms with E-state index in [1.165, 1.54) is 4.31 Å². The Kier molecular flexibility index (Phi) is 4.18. The SMILES string of the molecule is CC1CN(C)CCCN1S(=O)(=O)CCl. The highest BCUT2D eigenvalue weighted by Gasteiger charge is 2.28. The Bertz CT molecular complexity index is 281. The minimum absolute atomic E-state index is 0.0197. The van der Waals surface area contributed by atoms with Crippen molar-refractivity contribution >= 4 is 21.6 Å². The highest BCUT2D eigenvalue weighted by atomic mass is 35.5. The molecule has 4 nitrogen and oxygen atoms in total. The quantitative estimate of drug-likeness (QED) is 0.662. The smallest absolute Gasteiger partial charge is 0.228 e. The Morgan fingerprint density at radius 2 is 2.07 bits per heavy atom. The zero-order valence-electron chi connectivity index (χ0n) is 8.61. The van der Waals surface area contributed by atoms with Crippen molar-refractivity contribution in [1.82, 2.24) is 9.21 Å². The van der Waals surface area contributed by atoms with Crippen LogP contribution in [0, 0.1) is 0 Å². The Morgan fingerprint density at radius 1 is 1.43 bits per heavy atom. The van der Waals surface area contributed by atoms with E-state index in [2.05, 4.69) is 4.90 Å². The van der Waals surface area contributed by atoms with Crippen LogP contribution in [-0.2, 0) is 10.0 Å². The highest BCUT2D eigenvalue weighted by molar-refractivity contribution is 7.90. The van der Waals surface area contributed by atoms with E-state index in [9.17, 15) is 8.42 Å². The van der Waals surface area contributed by atoms with Gasteiger partial charge >= 0.3 is 0 Å². The van der Waals surface area contributed by atoms with Crippen molar-refractivity contribution in [2.24, 2.45) is 0 Å². The Labute approximate surface area is 90.9 Å². The maximum Gasteiger partial charge on any atom is 0.228 e. The second kappa shape index (κ2) is 4.79. The number of likely N-dealkylation sites (N-methyl/N-ethyl adjacent to an activating group) is 1. The van der Waals surface area contributed by atoms with Gasteiger partial charge < -0.3 is 4.90 Å². The molecule has 1 unspecified atom stereocenters. The molecule has 14 heavy (non-hydrogen) atoms. The van der Waals surface area contributed by atoms with Crippen LogP contribution in [0.25, 0.3) is 0 Å². The molecule has 1 aliphatic heterocycles. The van der Waals surface area contributed by atoms with E-state index in [0.717, 1.165) is 19.5 Å². The third kappa shape index (κ3) is 2.82. The molecule has 0 amide bonds. The van der Waals surface area contributed by atoms with E-state index in [1.54, 1.807) is 0 Å². The van der Waals surface area contributed by atoms with Crippen molar-refractivity contribution in [3.8, 4) is 0 Å². The Morgan fingerprint density at radius 3 is 2.64 bits per heavy atom. The average Bonchev–Trinajstić information content (AvgIpc) is 2.27. The summed E-state index contributed by atoms with van der Waals surface area (Å²) in [4.78, 5) is 2.15. The average molecular weight is 241 g/mol. The van der Waals surface area contributed by atoms with Crippen molar-refractivity contribution in [2.75, 3.05) is 31.9 Å². The minimum Gasteiger partial charge on any atom is -0.305 e. The molecule has 0 saturated carbocycles. The zero-order valence-corrected chi connectivity index (χ0v) is 10.2. The molecule has 1 aliphatic rings. The zero-order chi connectivity index (χ0) is 10.8. The van der Waals surface area contributed by atoms with Crippen molar-refractivity contribution in [3.05, 3.63) is 0 Å². The summed E-state index contributed by atoms with van der Waals surface area (Å²) in [6, 6.07) is 0.0197. The van der Waals surface area contributed by atoms with E-state index in [4.69, 9.17) is 11.6 Å². The van der Waals surface area contributed by atoms with Gasteiger partial charge in [-0.05, 0) is 26.9 Å². The van der Waals surface area contributed by atoms with Gasteiger partial charge in [0.05, 0.1) is 0 Å². The first-order chi connectivity index (χ1) is 6.47. The predicted octanol–water partition coefficient (Wildman–Crippen LogP) is 0.539. The van der Waals surface area contributed by atoms with Crippen molar-refractivity contribution in [1.29, 1.82) is 0 Å². The van der Waals surface area contributed by atoms with E-state index in [-0.39, 0.29) is 11.3 Å². The van der Waals surface area contributed by atoms with Crippen LogP contribution in [0.2, 0.25) is 0 Å². The molecule has 84 valence electrons. The topological polar surface area (TPSA) is 40.6 Å². The van der Waals surface area contributed by atoms with Crippen LogP contribution in [0.4, 0.5) is 0 Å². The van der Waals surface area contributed by atoms with Gasteiger partial charge in [0.15, 0.2) is 0 Å². The van der Waals surface area contributed by atoms with E-state index in [0.29, 0.717) is 6.54 Å². The number of rotatable bonds is 2. The largest absolute Gasteiger partial charge is 0.305 e. The lowest BCUT2D eigenvalue weighted by molar-refractivity contribution is 0.291. The molecule has 1 heterocycles. The first kappa shape index (κ1) is 12.2. The summed E-state index contributed by atoms with van der Waals surface area (Å²) < 4.78 is 24.7. The number of hydrogen-bond acceptors (Lipinski definition) is 3. The summed E-state index contributed by atoms with van der Waals surface area (Å²) in [7, 11) is -1.24. The van der Waals surface area contributed by atoms with Crippen LogP contribution < -0.4 is 0 Å². The molecule has 0 aromatic carbocycles. The van der Waals surface area contributed by atoms with Gasteiger partial charge in [-0.1, -0.05) is 0 Å². The van der Waals surface area contributed by atoms with Crippen molar-refractivity contribution in [2.45, 2.75) is 19.4 Å². The summed E-state index contributed by atoms with van der Waals surface area (Å²) >= 11 is 5.44. The van der Waals surface area contributed by atoms with E-state index in [1.807, 2.05) is 14.0 Å². The summed E-state index contributed by atoms with van der Waals surface area (Å²) in [6.45, 7) is 4.22. The van der Waals surface area contributed by atoms with Crippen molar-refractivity contribution < 1.29 is 8.42 Å². The molecule has 0 N–H and O–H groups in total. The van der Waals surface area contributed by atoms with Crippen LogP contribution in [0.1, 0.15) is 13.3 Å². The summed E-state index contributed by atoms with van der Waals surface area (Å²) in [5.41, 5.74) is 0. The molecule has 0 aliphatic carbocycles. The predicted molar refractivity (Wildman–Crippen MR) is 57.9 cm³/mol. The Balaban J connectivity index is 2.78. The second-order valence-corrected chi connectivity index (χ2v) is 6.30.